The molecule has 0 radical (unpaired) electrons. The van der Waals surface area contributed by atoms with E-state index in [2.05, 4.69) is 26.1 Å². The molecule has 106 valence electrons. The highest BCUT2D eigenvalue weighted by Gasteiger charge is 2.40. The van der Waals surface area contributed by atoms with Gasteiger partial charge in [-0.25, -0.2) is 0 Å². The van der Waals surface area contributed by atoms with Crippen LogP contribution in [0.1, 0.15) is 59.3 Å². The first kappa shape index (κ1) is 14.5. The van der Waals surface area contributed by atoms with Gasteiger partial charge in [-0.3, -0.25) is 4.21 Å². The topological polar surface area (TPSA) is 29.1 Å². The average Bonchev–Trinajstić information content (AvgIpc) is 2.81. The summed E-state index contributed by atoms with van der Waals surface area (Å²) < 4.78 is 12.9. The van der Waals surface area contributed by atoms with Crippen LogP contribution < -0.4 is 5.32 Å². The summed E-state index contributed by atoms with van der Waals surface area (Å²) in [4.78, 5) is 0. The van der Waals surface area contributed by atoms with Gasteiger partial charge in [-0.05, 0) is 44.1 Å². The maximum absolute atomic E-state index is 12.9. The molecule has 1 N–H and O–H groups in total. The van der Waals surface area contributed by atoms with E-state index in [4.69, 9.17) is 0 Å². The van der Waals surface area contributed by atoms with Crippen molar-refractivity contribution >= 4 is 10.8 Å². The Morgan fingerprint density at radius 3 is 2.44 bits per heavy atom. The predicted octanol–water partition coefficient (Wildman–Crippen LogP) is 3.09. The summed E-state index contributed by atoms with van der Waals surface area (Å²) in [6.07, 6.45) is 7.44. The fraction of sp³-hybridized carbons (Fsp3) is 1.00. The van der Waals surface area contributed by atoms with Gasteiger partial charge < -0.3 is 5.32 Å². The van der Waals surface area contributed by atoms with Crippen molar-refractivity contribution in [2.24, 2.45) is 11.8 Å². The van der Waals surface area contributed by atoms with Crippen LogP contribution in [0.3, 0.4) is 0 Å². The molecule has 0 spiro atoms. The molecule has 5 unspecified atom stereocenters. The Morgan fingerprint density at radius 1 is 1.17 bits per heavy atom. The van der Waals surface area contributed by atoms with Crippen molar-refractivity contribution in [3.8, 4) is 0 Å². The molecule has 0 aliphatic heterocycles. The second-order valence-corrected chi connectivity index (χ2v) is 8.29. The van der Waals surface area contributed by atoms with Crippen molar-refractivity contribution in [1.82, 2.24) is 5.32 Å². The first-order valence-corrected chi connectivity index (χ1v) is 9.03. The van der Waals surface area contributed by atoms with Gasteiger partial charge >= 0.3 is 0 Å². The van der Waals surface area contributed by atoms with E-state index in [1.165, 1.54) is 38.5 Å². The quantitative estimate of drug-likeness (QED) is 0.851. The molecule has 2 aliphatic carbocycles. The highest BCUT2D eigenvalue weighted by Crippen LogP contribution is 2.36. The fourth-order valence-electron chi connectivity index (χ4n) is 4.02. The smallest absolute Gasteiger partial charge is 0.0529 e. The van der Waals surface area contributed by atoms with Crippen LogP contribution in [0.15, 0.2) is 0 Å². The SMILES string of the molecule is CCNC1CC(C)CC(C)C1S(=O)C1CCCC1. The Hall–Kier alpha value is 0.110. The lowest BCUT2D eigenvalue weighted by Gasteiger charge is -2.40. The number of rotatable bonds is 4. The van der Waals surface area contributed by atoms with Gasteiger partial charge in [0, 0.05) is 22.1 Å². The standard InChI is InChI=1S/C15H29NOS/c1-4-16-14-10-11(2)9-12(3)15(14)18(17)13-7-5-6-8-13/h11-16H,4-10H2,1-3H3. The molecule has 2 saturated carbocycles. The molecule has 0 saturated heterocycles. The Bertz CT molecular complexity index is 288. The van der Waals surface area contributed by atoms with E-state index in [1.807, 2.05) is 0 Å². The number of hydrogen-bond acceptors (Lipinski definition) is 2. The van der Waals surface area contributed by atoms with Crippen LogP contribution in [0.2, 0.25) is 0 Å². The van der Waals surface area contributed by atoms with Crippen LogP contribution in [0.25, 0.3) is 0 Å². The van der Waals surface area contributed by atoms with E-state index in [0.717, 1.165) is 12.5 Å². The summed E-state index contributed by atoms with van der Waals surface area (Å²) >= 11 is 0. The maximum Gasteiger partial charge on any atom is 0.0529 e. The molecule has 3 heteroatoms. The molecule has 0 bridgehead atoms. The third kappa shape index (κ3) is 3.16. The zero-order valence-electron chi connectivity index (χ0n) is 12.2. The Labute approximate surface area is 115 Å². The highest BCUT2D eigenvalue weighted by atomic mass is 32.2. The highest BCUT2D eigenvalue weighted by molar-refractivity contribution is 7.86. The first-order chi connectivity index (χ1) is 8.63. The zero-order valence-corrected chi connectivity index (χ0v) is 13.0. The van der Waals surface area contributed by atoms with E-state index in [1.54, 1.807) is 0 Å². The molecule has 2 aliphatic rings. The second kappa shape index (κ2) is 6.51. The maximum atomic E-state index is 12.9. The second-order valence-electron chi connectivity index (χ2n) is 6.42. The predicted molar refractivity (Wildman–Crippen MR) is 79.2 cm³/mol. The first-order valence-electron chi connectivity index (χ1n) is 7.76. The van der Waals surface area contributed by atoms with Crippen LogP contribution in [0, 0.1) is 11.8 Å². The van der Waals surface area contributed by atoms with Crippen molar-refractivity contribution in [2.75, 3.05) is 6.54 Å². The summed E-state index contributed by atoms with van der Waals surface area (Å²) in [6.45, 7) is 7.83. The minimum atomic E-state index is -0.621. The van der Waals surface area contributed by atoms with E-state index in [9.17, 15) is 4.21 Å². The molecule has 0 amide bonds. The van der Waals surface area contributed by atoms with Crippen LogP contribution in [-0.2, 0) is 10.8 Å². The molecule has 2 nitrogen and oxygen atoms in total. The minimum absolute atomic E-state index is 0.393. The van der Waals surface area contributed by atoms with Gasteiger partial charge in [0.15, 0.2) is 0 Å². The molecule has 5 atom stereocenters. The number of hydrogen-bond donors (Lipinski definition) is 1. The Balaban J connectivity index is 2.07. The van der Waals surface area contributed by atoms with Crippen molar-refractivity contribution in [2.45, 2.75) is 75.8 Å². The third-order valence-electron chi connectivity index (χ3n) is 4.75. The average molecular weight is 271 g/mol. The van der Waals surface area contributed by atoms with E-state index in [0.29, 0.717) is 22.5 Å². The van der Waals surface area contributed by atoms with Crippen molar-refractivity contribution in [3.63, 3.8) is 0 Å². The lowest BCUT2D eigenvalue weighted by molar-refractivity contribution is 0.247. The molecular weight excluding hydrogens is 242 g/mol. The van der Waals surface area contributed by atoms with Crippen LogP contribution in [0.4, 0.5) is 0 Å². The molecule has 0 heterocycles. The molecule has 2 fully saturated rings. The van der Waals surface area contributed by atoms with Gasteiger partial charge in [0.25, 0.3) is 0 Å². The molecule has 0 aromatic rings. The van der Waals surface area contributed by atoms with E-state index >= 15 is 0 Å². The molecule has 18 heavy (non-hydrogen) atoms. The third-order valence-corrected chi connectivity index (χ3v) is 7.21. The lowest BCUT2D eigenvalue weighted by atomic mass is 9.80. The minimum Gasteiger partial charge on any atom is -0.313 e. The largest absolute Gasteiger partial charge is 0.313 e. The van der Waals surface area contributed by atoms with Crippen molar-refractivity contribution in [3.05, 3.63) is 0 Å². The molecular formula is C15H29NOS. The van der Waals surface area contributed by atoms with E-state index < -0.39 is 10.8 Å². The zero-order chi connectivity index (χ0) is 13.1. The van der Waals surface area contributed by atoms with Gasteiger partial charge in [0.2, 0.25) is 0 Å². The van der Waals surface area contributed by atoms with Crippen LogP contribution in [0.5, 0.6) is 0 Å². The van der Waals surface area contributed by atoms with E-state index in [-0.39, 0.29) is 0 Å². The van der Waals surface area contributed by atoms with Gasteiger partial charge in [0.1, 0.15) is 0 Å². The fourth-order valence-corrected chi connectivity index (χ4v) is 6.37. The van der Waals surface area contributed by atoms with Gasteiger partial charge in [0.05, 0.1) is 5.25 Å². The van der Waals surface area contributed by atoms with Crippen LogP contribution in [-0.4, -0.2) is 27.3 Å². The normalized spacial score (nSPS) is 39.9. The van der Waals surface area contributed by atoms with Gasteiger partial charge in [-0.2, -0.15) is 0 Å². The van der Waals surface area contributed by atoms with Gasteiger partial charge in [-0.15, -0.1) is 0 Å². The molecule has 2 rings (SSSR count). The van der Waals surface area contributed by atoms with Crippen molar-refractivity contribution in [1.29, 1.82) is 0 Å². The molecule has 0 aromatic carbocycles. The summed E-state index contributed by atoms with van der Waals surface area (Å²) in [5.74, 6) is 1.39. The number of nitrogens with one attached hydrogen (secondary N) is 1. The lowest BCUT2D eigenvalue weighted by Crippen LogP contribution is -2.51. The summed E-state index contributed by atoms with van der Waals surface area (Å²) in [5.41, 5.74) is 0. The van der Waals surface area contributed by atoms with Gasteiger partial charge in [-0.1, -0.05) is 33.6 Å². The monoisotopic (exact) mass is 271 g/mol. The molecule has 0 aromatic heterocycles. The summed E-state index contributed by atoms with van der Waals surface area (Å²) in [5, 5.41) is 4.49. The Kier molecular flexibility index (Phi) is 5.25. The summed E-state index contributed by atoms with van der Waals surface area (Å²) in [6, 6.07) is 0.482. The summed E-state index contributed by atoms with van der Waals surface area (Å²) in [7, 11) is -0.621. The van der Waals surface area contributed by atoms with Crippen molar-refractivity contribution < 1.29 is 4.21 Å². The van der Waals surface area contributed by atoms with Crippen LogP contribution >= 0.6 is 0 Å². The Morgan fingerprint density at radius 2 is 1.83 bits per heavy atom.